The number of carbonyl (C=O) groups excluding carboxylic acids is 1. The Bertz CT molecular complexity index is 1430. The first kappa shape index (κ1) is 24.8. The predicted octanol–water partition coefficient (Wildman–Crippen LogP) is 1.86. The Morgan fingerprint density at radius 3 is 2.38 bits per heavy atom. The minimum atomic E-state index is -3.64. The Kier molecular flexibility index (Phi) is 6.98. The topological polar surface area (TPSA) is 171 Å². The van der Waals surface area contributed by atoms with Gasteiger partial charge >= 0.3 is 0 Å². The number of nitrogen functional groups attached to an aromatic ring is 1. The van der Waals surface area contributed by atoms with Gasteiger partial charge in [0.05, 0.1) is 20.7 Å². The number of fused-ring (bicyclic) bond motifs is 1. The number of hydrogen-bond acceptors (Lipinski definition) is 8. The van der Waals surface area contributed by atoms with Gasteiger partial charge in [0.2, 0.25) is 21.9 Å². The summed E-state index contributed by atoms with van der Waals surface area (Å²) in [6.45, 7) is 5.17. The number of sulfonamides is 1. The van der Waals surface area contributed by atoms with Crippen LogP contribution in [0.1, 0.15) is 19.4 Å². The number of aromatic nitrogens is 2. The summed E-state index contributed by atoms with van der Waals surface area (Å²) in [6.07, 6.45) is 0. The number of nitro benzene ring substituents is 1. The number of hydrogen-bond donors (Lipinski definition) is 2. The third kappa shape index (κ3) is 4.75. The van der Waals surface area contributed by atoms with Crippen LogP contribution in [-0.4, -0.2) is 46.2 Å². The molecule has 0 aliphatic heterocycles. The van der Waals surface area contributed by atoms with Crippen molar-refractivity contribution in [2.75, 3.05) is 24.1 Å². The molecule has 0 bridgehead atoms. The number of carbonyl (C=O) groups is 1. The summed E-state index contributed by atoms with van der Waals surface area (Å²) in [5.41, 5.74) is 5.76. The molecule has 0 saturated carbocycles. The number of nitrogens with two attached hydrogens (primary N) is 1. The molecule has 3 N–H and O–H groups in total. The molecule has 0 unspecified atom stereocenters. The van der Waals surface area contributed by atoms with E-state index in [1.165, 1.54) is 41.6 Å². The van der Waals surface area contributed by atoms with Crippen LogP contribution in [0.25, 0.3) is 10.9 Å². The number of amides is 1. The van der Waals surface area contributed by atoms with Crippen molar-refractivity contribution in [1.29, 1.82) is 0 Å². The summed E-state index contributed by atoms with van der Waals surface area (Å²) in [4.78, 5) is 40.2. The van der Waals surface area contributed by atoms with E-state index in [1.54, 1.807) is 13.8 Å². The lowest BCUT2D eigenvalue weighted by Gasteiger charge is -2.18. The lowest BCUT2D eigenvalue weighted by Crippen LogP contribution is -2.31. The number of aryl methyl sites for hydroxylation is 1. The summed E-state index contributed by atoms with van der Waals surface area (Å²) in [7, 11) is -3.64. The zero-order chi connectivity index (χ0) is 25.2. The van der Waals surface area contributed by atoms with Crippen molar-refractivity contribution < 1.29 is 18.1 Å². The summed E-state index contributed by atoms with van der Waals surface area (Å²) >= 11 is 0. The van der Waals surface area contributed by atoms with Gasteiger partial charge in [-0.25, -0.2) is 13.4 Å². The second-order valence-electron chi connectivity index (χ2n) is 7.44. The maximum absolute atomic E-state index is 12.9. The fourth-order valence-electron chi connectivity index (χ4n) is 3.49. The fourth-order valence-corrected chi connectivity index (χ4v) is 4.95. The van der Waals surface area contributed by atoms with Gasteiger partial charge in [0, 0.05) is 30.4 Å². The first-order chi connectivity index (χ1) is 16.0. The average Bonchev–Trinajstić information content (AvgIpc) is 2.77. The first-order valence-corrected chi connectivity index (χ1v) is 11.8. The van der Waals surface area contributed by atoms with Gasteiger partial charge in [-0.05, 0) is 37.3 Å². The molecule has 1 amide bonds. The highest BCUT2D eigenvalue weighted by atomic mass is 32.2. The molecular weight excluding hydrogens is 464 g/mol. The molecule has 180 valence electrons. The highest BCUT2D eigenvalue weighted by molar-refractivity contribution is 7.89. The van der Waals surface area contributed by atoms with Crippen molar-refractivity contribution in [2.45, 2.75) is 32.2 Å². The maximum atomic E-state index is 12.9. The van der Waals surface area contributed by atoms with E-state index < -0.39 is 33.0 Å². The second-order valence-corrected chi connectivity index (χ2v) is 9.37. The van der Waals surface area contributed by atoms with Crippen molar-refractivity contribution >= 4 is 44.2 Å². The molecule has 0 spiro atoms. The van der Waals surface area contributed by atoms with Gasteiger partial charge in [0.15, 0.2) is 0 Å². The van der Waals surface area contributed by atoms with Crippen LogP contribution in [-0.2, 0) is 21.4 Å². The molecule has 0 fully saturated rings. The standard InChI is InChI=1S/C21H24N6O6S/c1-4-25(5-2)34(32,33)15-8-6-14(7-9-15)23-19(28)12-26-20(29)16-11-18(27(30)31)13(3)10-17(16)24-21(26)22/h6-11H,4-5,12H2,1-3H3,(H2,22,24)(H,23,28). The molecular formula is C21H24N6O6S. The summed E-state index contributed by atoms with van der Waals surface area (Å²) in [6, 6.07) is 8.13. The van der Waals surface area contributed by atoms with Gasteiger partial charge < -0.3 is 11.1 Å². The van der Waals surface area contributed by atoms with Gasteiger partial charge in [-0.2, -0.15) is 4.31 Å². The number of nitrogens with one attached hydrogen (secondary N) is 1. The van der Waals surface area contributed by atoms with Gasteiger partial charge in [0.1, 0.15) is 6.54 Å². The second kappa shape index (κ2) is 9.57. The summed E-state index contributed by atoms with van der Waals surface area (Å²) in [5.74, 6) is -0.836. The van der Waals surface area contributed by atoms with Crippen molar-refractivity contribution in [3.05, 3.63) is 62.4 Å². The largest absolute Gasteiger partial charge is 0.369 e. The van der Waals surface area contributed by atoms with Crippen molar-refractivity contribution in [2.24, 2.45) is 0 Å². The Labute approximate surface area is 195 Å². The van der Waals surface area contributed by atoms with E-state index in [-0.39, 0.29) is 27.4 Å². The molecule has 34 heavy (non-hydrogen) atoms. The summed E-state index contributed by atoms with van der Waals surface area (Å²) < 4.78 is 27.4. The molecule has 0 saturated heterocycles. The number of anilines is 2. The zero-order valence-corrected chi connectivity index (χ0v) is 19.6. The average molecular weight is 489 g/mol. The molecule has 1 aromatic heterocycles. The molecule has 3 aromatic rings. The smallest absolute Gasteiger partial charge is 0.273 e. The highest BCUT2D eigenvalue weighted by Crippen LogP contribution is 2.23. The lowest BCUT2D eigenvalue weighted by molar-refractivity contribution is -0.385. The van der Waals surface area contributed by atoms with Crippen LogP contribution < -0.4 is 16.6 Å². The van der Waals surface area contributed by atoms with E-state index in [0.29, 0.717) is 24.3 Å². The van der Waals surface area contributed by atoms with Gasteiger partial charge in [0.25, 0.3) is 11.2 Å². The Balaban J connectivity index is 1.85. The zero-order valence-electron chi connectivity index (χ0n) is 18.8. The van der Waals surface area contributed by atoms with Crippen LogP contribution >= 0.6 is 0 Å². The Morgan fingerprint density at radius 1 is 1.21 bits per heavy atom. The molecule has 2 aromatic carbocycles. The van der Waals surface area contributed by atoms with Crippen molar-refractivity contribution in [3.63, 3.8) is 0 Å². The van der Waals surface area contributed by atoms with Crippen molar-refractivity contribution in [3.8, 4) is 0 Å². The molecule has 0 aliphatic carbocycles. The SMILES string of the molecule is CCN(CC)S(=O)(=O)c1ccc(NC(=O)Cn2c(N)nc3cc(C)c([N+](=O)[O-])cc3c2=O)cc1. The Hall–Kier alpha value is -3.84. The highest BCUT2D eigenvalue weighted by Gasteiger charge is 2.22. The van der Waals surface area contributed by atoms with Crippen LogP contribution in [0.3, 0.4) is 0 Å². The minimum absolute atomic E-state index is 0.0368. The monoisotopic (exact) mass is 488 g/mol. The van der Waals surface area contributed by atoms with Gasteiger partial charge in [-0.15, -0.1) is 0 Å². The van der Waals surface area contributed by atoms with Crippen LogP contribution in [0.4, 0.5) is 17.3 Å². The maximum Gasteiger partial charge on any atom is 0.273 e. The van der Waals surface area contributed by atoms with E-state index in [9.17, 15) is 28.1 Å². The van der Waals surface area contributed by atoms with E-state index in [4.69, 9.17) is 5.73 Å². The van der Waals surface area contributed by atoms with E-state index in [2.05, 4.69) is 10.3 Å². The van der Waals surface area contributed by atoms with E-state index in [1.807, 2.05) is 0 Å². The van der Waals surface area contributed by atoms with Crippen LogP contribution in [0, 0.1) is 17.0 Å². The van der Waals surface area contributed by atoms with Crippen LogP contribution in [0.5, 0.6) is 0 Å². The van der Waals surface area contributed by atoms with Gasteiger partial charge in [-0.3, -0.25) is 24.3 Å². The third-order valence-electron chi connectivity index (χ3n) is 5.28. The summed E-state index contributed by atoms with van der Waals surface area (Å²) in [5, 5.41) is 13.7. The number of benzene rings is 2. The molecule has 0 atom stereocenters. The third-order valence-corrected chi connectivity index (χ3v) is 7.35. The Morgan fingerprint density at radius 2 is 1.82 bits per heavy atom. The van der Waals surface area contributed by atoms with Gasteiger partial charge in [-0.1, -0.05) is 13.8 Å². The fraction of sp³-hybridized carbons (Fsp3) is 0.286. The number of rotatable bonds is 8. The molecule has 13 heteroatoms. The van der Waals surface area contributed by atoms with Crippen LogP contribution in [0.15, 0.2) is 46.1 Å². The molecule has 3 rings (SSSR count). The quantitative estimate of drug-likeness (QED) is 0.357. The molecule has 0 radical (unpaired) electrons. The number of nitro groups is 1. The molecule has 12 nitrogen and oxygen atoms in total. The van der Waals surface area contributed by atoms with Crippen molar-refractivity contribution in [1.82, 2.24) is 13.9 Å². The van der Waals surface area contributed by atoms with E-state index in [0.717, 1.165) is 10.6 Å². The molecule has 1 heterocycles. The first-order valence-electron chi connectivity index (χ1n) is 10.3. The van der Waals surface area contributed by atoms with Crippen LogP contribution in [0.2, 0.25) is 0 Å². The lowest BCUT2D eigenvalue weighted by atomic mass is 10.1. The minimum Gasteiger partial charge on any atom is -0.369 e. The van der Waals surface area contributed by atoms with E-state index >= 15 is 0 Å². The normalized spacial score (nSPS) is 11.6. The molecule has 0 aliphatic rings. The number of nitrogens with zero attached hydrogens (tertiary/aromatic N) is 4. The predicted molar refractivity (Wildman–Crippen MR) is 127 cm³/mol.